The van der Waals surface area contributed by atoms with E-state index in [1.807, 2.05) is 20.9 Å². The largest absolute Gasteiger partial charge is 0.497 e. The van der Waals surface area contributed by atoms with Gasteiger partial charge in [-0.05, 0) is 114 Å². The number of hydrogen-bond acceptors (Lipinski definition) is 6. The molecule has 2 aromatic carbocycles. The van der Waals surface area contributed by atoms with Crippen LogP contribution in [-0.2, 0) is 25.1 Å². The van der Waals surface area contributed by atoms with E-state index in [1.165, 1.54) is 18.4 Å². The molecule has 4 rings (SSSR count). The van der Waals surface area contributed by atoms with Gasteiger partial charge in [-0.1, -0.05) is 36.8 Å². The van der Waals surface area contributed by atoms with E-state index in [9.17, 15) is 13.2 Å². The zero-order chi connectivity index (χ0) is 31.9. The highest BCUT2D eigenvalue weighted by molar-refractivity contribution is 7.89. The van der Waals surface area contributed by atoms with Gasteiger partial charge in [0.2, 0.25) is 15.9 Å². The number of aryl methyl sites for hydroxylation is 2. The Hall–Kier alpha value is -2.46. The van der Waals surface area contributed by atoms with Crippen molar-refractivity contribution < 1.29 is 22.7 Å². The Bertz CT molecular complexity index is 1320. The highest BCUT2D eigenvalue weighted by Gasteiger charge is 2.39. The molecule has 1 unspecified atom stereocenters. The smallest absolute Gasteiger partial charge is 0.248 e. The van der Waals surface area contributed by atoms with Crippen LogP contribution in [0.3, 0.4) is 0 Å². The molecule has 1 atom stereocenters. The van der Waals surface area contributed by atoms with E-state index in [-0.39, 0.29) is 30.7 Å². The van der Waals surface area contributed by atoms with Gasteiger partial charge in [0.25, 0.3) is 0 Å². The van der Waals surface area contributed by atoms with Crippen LogP contribution < -0.4 is 4.74 Å². The predicted molar refractivity (Wildman–Crippen MR) is 175 cm³/mol. The minimum atomic E-state index is -3.72. The monoisotopic (exact) mass is 627 g/mol. The molecule has 0 spiro atoms. The van der Waals surface area contributed by atoms with Crippen molar-refractivity contribution in [3.8, 4) is 5.75 Å². The Labute approximate surface area is 265 Å². The van der Waals surface area contributed by atoms with Crippen molar-refractivity contribution in [1.29, 1.82) is 0 Å². The molecule has 0 radical (unpaired) electrons. The van der Waals surface area contributed by atoms with Gasteiger partial charge in [0, 0.05) is 31.7 Å². The second-order valence-electron chi connectivity index (χ2n) is 13.1. The van der Waals surface area contributed by atoms with Crippen LogP contribution in [-0.4, -0.2) is 89.0 Å². The van der Waals surface area contributed by atoms with Crippen LogP contribution in [0.4, 0.5) is 0 Å². The van der Waals surface area contributed by atoms with Crippen molar-refractivity contribution in [3.05, 3.63) is 59.2 Å². The molecule has 1 aliphatic carbocycles. The fraction of sp³-hybridized carbons (Fsp3) is 0.629. The quantitative estimate of drug-likeness (QED) is 0.281. The molecule has 1 aliphatic heterocycles. The Morgan fingerprint density at radius 2 is 1.66 bits per heavy atom. The van der Waals surface area contributed by atoms with E-state index >= 15 is 0 Å². The average Bonchev–Trinajstić information content (AvgIpc) is 3.01. The molecule has 0 N–H and O–H groups in total. The summed E-state index contributed by atoms with van der Waals surface area (Å²) in [5.41, 5.74) is 2.87. The lowest BCUT2D eigenvalue weighted by Crippen LogP contribution is -2.46. The molecule has 1 saturated heterocycles. The van der Waals surface area contributed by atoms with Gasteiger partial charge in [0.15, 0.2) is 0 Å². The predicted octanol–water partition coefficient (Wildman–Crippen LogP) is 5.76. The maximum Gasteiger partial charge on any atom is 0.248 e. The molecule has 2 fully saturated rings. The molecular formula is C35H53N3O5S. The Balaban J connectivity index is 1.23. The molecular weight excluding hydrogens is 574 g/mol. The number of hydrogen-bond donors (Lipinski definition) is 0. The number of piperidine rings is 1. The van der Waals surface area contributed by atoms with Crippen LogP contribution in [0.15, 0.2) is 47.4 Å². The minimum Gasteiger partial charge on any atom is -0.497 e. The first kappa shape index (κ1) is 34.4. The zero-order valence-corrected chi connectivity index (χ0v) is 28.5. The van der Waals surface area contributed by atoms with Crippen molar-refractivity contribution in [2.75, 3.05) is 54.6 Å². The number of nitrogens with zero attached hydrogens (tertiary/aromatic N) is 3. The van der Waals surface area contributed by atoms with E-state index in [0.717, 1.165) is 44.9 Å². The number of likely N-dealkylation sites (N-methyl/N-ethyl adjacent to an activating group) is 1. The van der Waals surface area contributed by atoms with Crippen LogP contribution in [0.1, 0.15) is 74.5 Å². The van der Waals surface area contributed by atoms with Crippen molar-refractivity contribution in [1.82, 2.24) is 14.1 Å². The Morgan fingerprint density at radius 3 is 2.27 bits per heavy atom. The Kier molecular flexibility index (Phi) is 11.9. The molecule has 1 amide bonds. The lowest BCUT2D eigenvalue weighted by Gasteiger charge is -2.45. The van der Waals surface area contributed by atoms with E-state index < -0.39 is 10.0 Å². The van der Waals surface area contributed by atoms with Gasteiger partial charge in [-0.2, -0.15) is 4.31 Å². The normalized spacial score (nSPS) is 23.1. The van der Waals surface area contributed by atoms with Crippen LogP contribution in [0, 0.1) is 19.8 Å². The molecule has 9 heteroatoms. The first-order valence-electron chi connectivity index (χ1n) is 16.2. The van der Waals surface area contributed by atoms with E-state index in [1.54, 1.807) is 28.4 Å². The number of carbonyl (C=O) groups excluding carboxylic acids is 1. The maximum atomic E-state index is 13.8. The van der Waals surface area contributed by atoms with Crippen LogP contribution in [0.5, 0.6) is 5.75 Å². The number of ether oxygens (including phenoxy) is 2. The maximum absolute atomic E-state index is 13.8. The third-order valence-corrected chi connectivity index (χ3v) is 12.2. The van der Waals surface area contributed by atoms with Gasteiger partial charge in [-0.3, -0.25) is 9.69 Å². The second kappa shape index (κ2) is 15.2. The highest BCUT2D eigenvalue weighted by atomic mass is 32.2. The number of methoxy groups -OCH3 is 1. The summed E-state index contributed by atoms with van der Waals surface area (Å²) in [6, 6.07) is 14.1. The fourth-order valence-corrected chi connectivity index (χ4v) is 9.42. The topological polar surface area (TPSA) is 79.4 Å². The van der Waals surface area contributed by atoms with E-state index in [4.69, 9.17) is 9.47 Å². The summed E-state index contributed by atoms with van der Waals surface area (Å²) in [4.78, 5) is 17.4. The van der Waals surface area contributed by atoms with Crippen molar-refractivity contribution in [2.45, 2.75) is 88.1 Å². The van der Waals surface area contributed by atoms with Crippen molar-refractivity contribution in [2.24, 2.45) is 5.92 Å². The number of amides is 1. The number of rotatable bonds is 13. The van der Waals surface area contributed by atoms with Crippen LogP contribution >= 0.6 is 0 Å². The lowest BCUT2D eigenvalue weighted by molar-refractivity contribution is -0.135. The summed E-state index contributed by atoms with van der Waals surface area (Å²) in [5, 5.41) is 0. The van der Waals surface area contributed by atoms with E-state index in [2.05, 4.69) is 49.3 Å². The van der Waals surface area contributed by atoms with Gasteiger partial charge < -0.3 is 14.4 Å². The molecule has 0 aromatic heterocycles. The van der Waals surface area contributed by atoms with Crippen LogP contribution in [0.2, 0.25) is 0 Å². The van der Waals surface area contributed by atoms with Gasteiger partial charge in [-0.15, -0.1) is 0 Å². The molecule has 244 valence electrons. The molecule has 2 aliphatic rings. The Morgan fingerprint density at radius 1 is 1.00 bits per heavy atom. The first-order chi connectivity index (χ1) is 21.0. The fourth-order valence-electron chi connectivity index (χ4n) is 7.33. The average molecular weight is 628 g/mol. The van der Waals surface area contributed by atoms with Crippen LogP contribution in [0.25, 0.3) is 0 Å². The third kappa shape index (κ3) is 7.84. The van der Waals surface area contributed by atoms with Crippen molar-refractivity contribution in [3.63, 3.8) is 0 Å². The van der Waals surface area contributed by atoms with Gasteiger partial charge >= 0.3 is 0 Å². The standard InChI is InChI=1S/C35H53N3O5S/c1-27-23-32(42-6)24-28(2)34(27)44(40,41)38-22-11-10-16-31(38)25-43-26-33(39)37(5)21-12-13-29-17-19-35(20-18-29,36(3)4)30-14-8-7-9-15-30/h7-9,14-15,23-24,29,31H,10-13,16-22,25-26H2,1-6H3. The summed E-state index contributed by atoms with van der Waals surface area (Å²) in [6.45, 7) is 4.95. The SMILES string of the molecule is COc1cc(C)c(S(=O)(=O)N2CCCCC2COCC(=O)N(C)CCCC2CCC(c3ccccc3)(N(C)C)CC2)c(C)c1. The van der Waals surface area contributed by atoms with Gasteiger partial charge in [0.1, 0.15) is 12.4 Å². The van der Waals surface area contributed by atoms with Gasteiger partial charge in [0.05, 0.1) is 18.6 Å². The molecule has 44 heavy (non-hydrogen) atoms. The van der Waals surface area contributed by atoms with E-state index in [0.29, 0.717) is 40.8 Å². The molecule has 1 heterocycles. The molecule has 8 nitrogen and oxygen atoms in total. The molecule has 0 bridgehead atoms. The number of carbonyl (C=O) groups is 1. The molecule has 1 saturated carbocycles. The van der Waals surface area contributed by atoms with Gasteiger partial charge in [-0.25, -0.2) is 8.42 Å². The second-order valence-corrected chi connectivity index (χ2v) is 14.9. The number of benzene rings is 2. The first-order valence-corrected chi connectivity index (χ1v) is 17.7. The summed E-state index contributed by atoms with van der Waals surface area (Å²) < 4.78 is 40.4. The summed E-state index contributed by atoms with van der Waals surface area (Å²) in [7, 11) is 4.10. The molecule has 2 aromatic rings. The lowest BCUT2D eigenvalue weighted by atomic mass is 9.71. The minimum absolute atomic E-state index is 0.0344. The van der Waals surface area contributed by atoms with Crippen molar-refractivity contribution >= 4 is 15.9 Å². The highest BCUT2D eigenvalue weighted by Crippen LogP contribution is 2.44. The number of sulfonamides is 1. The zero-order valence-electron chi connectivity index (χ0n) is 27.7. The summed E-state index contributed by atoms with van der Waals surface area (Å²) in [5.74, 6) is 1.27. The third-order valence-electron chi connectivity index (χ3n) is 9.98. The summed E-state index contributed by atoms with van der Waals surface area (Å²) >= 11 is 0. The summed E-state index contributed by atoms with van der Waals surface area (Å²) in [6.07, 6.45) is 9.28.